The predicted molar refractivity (Wildman–Crippen MR) is 96.4 cm³/mol. The number of piperidine rings is 1. The number of piperazine rings is 1. The van der Waals surface area contributed by atoms with Crippen molar-refractivity contribution in [2.24, 2.45) is 5.16 Å². The zero-order chi connectivity index (χ0) is 17.3. The zero-order valence-electron chi connectivity index (χ0n) is 14.8. The maximum Gasteiger partial charge on any atom is 0.272 e. The Labute approximate surface area is 148 Å². The van der Waals surface area contributed by atoms with Crippen molar-refractivity contribution < 1.29 is 9.63 Å². The van der Waals surface area contributed by atoms with Crippen molar-refractivity contribution in [2.45, 2.75) is 30.9 Å². The van der Waals surface area contributed by atoms with Crippen LogP contribution >= 0.6 is 0 Å². The van der Waals surface area contributed by atoms with Gasteiger partial charge in [0.05, 0.1) is 6.04 Å². The molecule has 1 spiro atoms. The number of nitrogens with zero attached hydrogens (tertiary/aromatic N) is 3. The molecule has 1 amide bonds. The molecule has 2 saturated heterocycles. The third-order valence-electron chi connectivity index (χ3n) is 5.55. The maximum atomic E-state index is 13.2. The maximum absolute atomic E-state index is 13.2. The van der Waals surface area contributed by atoms with Crippen LogP contribution in [-0.4, -0.2) is 66.8 Å². The molecule has 1 aromatic rings. The Kier molecular flexibility index (Phi) is 4.48. The summed E-state index contributed by atoms with van der Waals surface area (Å²) in [5, 5.41) is 7.57. The van der Waals surface area contributed by atoms with Crippen molar-refractivity contribution in [3.63, 3.8) is 0 Å². The standard InChI is InChI=1S/C19H26N4O2/c1-22-10-11-23(17(13-22)15-6-3-2-4-7-15)18(24)16-12-19(25-21-16)8-5-9-20-14-19/h2-4,6-7,17,20H,5,8-14H2,1H3. The normalized spacial score (nSPS) is 30.2. The van der Waals surface area contributed by atoms with Crippen LogP contribution < -0.4 is 5.32 Å². The van der Waals surface area contributed by atoms with E-state index in [2.05, 4.69) is 34.6 Å². The van der Waals surface area contributed by atoms with Gasteiger partial charge in [-0.3, -0.25) is 4.79 Å². The lowest BCUT2D eigenvalue weighted by Crippen LogP contribution is -2.52. The summed E-state index contributed by atoms with van der Waals surface area (Å²) in [6.07, 6.45) is 2.65. The Hall–Kier alpha value is -1.92. The van der Waals surface area contributed by atoms with E-state index in [-0.39, 0.29) is 17.6 Å². The van der Waals surface area contributed by atoms with Gasteiger partial charge in [0.2, 0.25) is 0 Å². The van der Waals surface area contributed by atoms with E-state index >= 15 is 0 Å². The van der Waals surface area contributed by atoms with E-state index in [0.717, 1.165) is 45.6 Å². The minimum Gasteiger partial charge on any atom is -0.387 e. The molecule has 0 bridgehead atoms. The molecular formula is C19H26N4O2. The number of hydrogen-bond donors (Lipinski definition) is 1. The third-order valence-corrected chi connectivity index (χ3v) is 5.55. The van der Waals surface area contributed by atoms with Gasteiger partial charge in [0.1, 0.15) is 5.71 Å². The molecule has 3 aliphatic heterocycles. The van der Waals surface area contributed by atoms with Gasteiger partial charge in [0.15, 0.2) is 5.60 Å². The molecule has 25 heavy (non-hydrogen) atoms. The summed E-state index contributed by atoms with van der Waals surface area (Å²) < 4.78 is 0. The number of hydrogen-bond acceptors (Lipinski definition) is 5. The fourth-order valence-corrected chi connectivity index (χ4v) is 4.09. The van der Waals surface area contributed by atoms with Gasteiger partial charge >= 0.3 is 0 Å². The first-order valence-corrected chi connectivity index (χ1v) is 9.17. The lowest BCUT2D eigenvalue weighted by atomic mass is 9.89. The number of likely N-dealkylation sites (N-methyl/N-ethyl adjacent to an activating group) is 1. The summed E-state index contributed by atoms with van der Waals surface area (Å²) in [4.78, 5) is 23.2. The Bertz CT molecular complexity index is 655. The predicted octanol–water partition coefficient (Wildman–Crippen LogP) is 1.40. The first-order chi connectivity index (χ1) is 12.2. The number of carbonyl (C=O) groups excluding carboxylic acids is 1. The molecule has 2 atom stereocenters. The molecule has 6 heteroatoms. The molecule has 1 N–H and O–H groups in total. The van der Waals surface area contributed by atoms with E-state index in [1.54, 1.807) is 0 Å². The topological polar surface area (TPSA) is 57.2 Å². The largest absolute Gasteiger partial charge is 0.387 e. The summed E-state index contributed by atoms with van der Waals surface area (Å²) in [5.74, 6) is 0.0319. The second-order valence-electron chi connectivity index (χ2n) is 7.46. The molecule has 3 aliphatic rings. The molecule has 1 aromatic carbocycles. The molecule has 134 valence electrons. The van der Waals surface area contributed by atoms with E-state index in [4.69, 9.17) is 4.84 Å². The second kappa shape index (κ2) is 6.77. The van der Waals surface area contributed by atoms with Crippen LogP contribution in [0.1, 0.15) is 30.9 Å². The molecule has 0 aromatic heterocycles. The SMILES string of the molecule is CN1CCN(C(=O)C2=NOC3(CCCNC3)C2)C(c2ccccc2)C1. The molecule has 2 fully saturated rings. The number of nitrogens with one attached hydrogen (secondary N) is 1. The highest BCUT2D eigenvalue weighted by Gasteiger charge is 2.44. The highest BCUT2D eigenvalue weighted by atomic mass is 16.7. The molecule has 3 heterocycles. The fraction of sp³-hybridized carbons (Fsp3) is 0.579. The first kappa shape index (κ1) is 16.5. The first-order valence-electron chi connectivity index (χ1n) is 9.17. The number of carbonyl (C=O) groups is 1. The van der Waals surface area contributed by atoms with Crippen molar-refractivity contribution >= 4 is 11.6 Å². The van der Waals surface area contributed by atoms with Gasteiger partial charge in [-0.25, -0.2) is 0 Å². The second-order valence-corrected chi connectivity index (χ2v) is 7.46. The minimum absolute atomic E-state index is 0.0319. The number of oxime groups is 1. The van der Waals surface area contributed by atoms with E-state index in [1.807, 2.05) is 23.1 Å². The lowest BCUT2D eigenvalue weighted by molar-refractivity contribution is -0.128. The Morgan fingerprint density at radius 3 is 2.92 bits per heavy atom. The molecule has 0 radical (unpaired) electrons. The molecule has 2 unspecified atom stereocenters. The summed E-state index contributed by atoms with van der Waals surface area (Å²) >= 11 is 0. The van der Waals surface area contributed by atoms with E-state index < -0.39 is 0 Å². The van der Waals surface area contributed by atoms with E-state index in [1.165, 1.54) is 5.56 Å². The summed E-state index contributed by atoms with van der Waals surface area (Å²) in [7, 11) is 2.11. The zero-order valence-corrected chi connectivity index (χ0v) is 14.8. The van der Waals surface area contributed by atoms with Gasteiger partial charge in [-0.2, -0.15) is 0 Å². The smallest absolute Gasteiger partial charge is 0.272 e. The van der Waals surface area contributed by atoms with Crippen molar-refractivity contribution in [1.82, 2.24) is 15.1 Å². The van der Waals surface area contributed by atoms with Crippen LogP contribution in [0.15, 0.2) is 35.5 Å². The van der Waals surface area contributed by atoms with Crippen LogP contribution in [0.25, 0.3) is 0 Å². The monoisotopic (exact) mass is 342 g/mol. The van der Waals surface area contributed by atoms with Gasteiger partial charge < -0.3 is 20.0 Å². The Morgan fingerprint density at radius 2 is 2.16 bits per heavy atom. The van der Waals surface area contributed by atoms with Crippen molar-refractivity contribution in [3.05, 3.63) is 35.9 Å². The van der Waals surface area contributed by atoms with Gasteiger partial charge in [-0.15, -0.1) is 0 Å². The Balaban J connectivity index is 1.52. The molecule has 4 rings (SSSR count). The summed E-state index contributed by atoms with van der Waals surface area (Å²) in [6, 6.07) is 10.3. The van der Waals surface area contributed by atoms with Crippen LogP contribution in [0, 0.1) is 0 Å². The van der Waals surface area contributed by atoms with Crippen LogP contribution in [0.3, 0.4) is 0 Å². The quantitative estimate of drug-likeness (QED) is 0.883. The van der Waals surface area contributed by atoms with Gasteiger partial charge in [-0.1, -0.05) is 35.5 Å². The van der Waals surface area contributed by atoms with Gasteiger partial charge in [-0.05, 0) is 32.0 Å². The molecule has 6 nitrogen and oxygen atoms in total. The van der Waals surface area contributed by atoms with E-state index in [9.17, 15) is 4.79 Å². The fourth-order valence-electron chi connectivity index (χ4n) is 4.09. The van der Waals surface area contributed by atoms with Crippen molar-refractivity contribution in [2.75, 3.05) is 39.8 Å². The third kappa shape index (κ3) is 3.28. The molecule has 0 saturated carbocycles. The van der Waals surface area contributed by atoms with E-state index in [0.29, 0.717) is 12.1 Å². The van der Waals surface area contributed by atoms with Gasteiger partial charge in [0, 0.05) is 32.6 Å². The number of benzene rings is 1. The van der Waals surface area contributed by atoms with Crippen molar-refractivity contribution in [3.8, 4) is 0 Å². The highest BCUT2D eigenvalue weighted by molar-refractivity contribution is 6.39. The highest BCUT2D eigenvalue weighted by Crippen LogP contribution is 2.32. The van der Waals surface area contributed by atoms with Gasteiger partial charge in [0.25, 0.3) is 5.91 Å². The van der Waals surface area contributed by atoms with Crippen molar-refractivity contribution in [1.29, 1.82) is 0 Å². The van der Waals surface area contributed by atoms with Crippen LogP contribution in [0.5, 0.6) is 0 Å². The van der Waals surface area contributed by atoms with Crippen LogP contribution in [-0.2, 0) is 9.63 Å². The van der Waals surface area contributed by atoms with Crippen LogP contribution in [0.2, 0.25) is 0 Å². The summed E-state index contributed by atoms with van der Waals surface area (Å²) in [6.45, 7) is 4.24. The number of rotatable bonds is 2. The average Bonchev–Trinajstić information content (AvgIpc) is 3.06. The van der Waals surface area contributed by atoms with Crippen LogP contribution in [0.4, 0.5) is 0 Å². The minimum atomic E-state index is -0.307. The molecule has 0 aliphatic carbocycles. The number of amides is 1. The molecular weight excluding hydrogens is 316 g/mol. The average molecular weight is 342 g/mol. The Morgan fingerprint density at radius 1 is 1.32 bits per heavy atom. The summed E-state index contributed by atoms with van der Waals surface area (Å²) in [5.41, 5.74) is 1.45. The lowest BCUT2D eigenvalue weighted by Gasteiger charge is -2.40.